The molecule has 0 aromatic heterocycles. The monoisotopic (exact) mass is 202 g/mol. The highest BCUT2D eigenvalue weighted by Gasteiger charge is 2.09. The summed E-state index contributed by atoms with van der Waals surface area (Å²) in [5.74, 6) is -0.948. The summed E-state index contributed by atoms with van der Waals surface area (Å²) in [4.78, 5) is 21.4. The summed E-state index contributed by atoms with van der Waals surface area (Å²) in [6.45, 7) is 4.59. The van der Waals surface area contributed by atoms with Gasteiger partial charge in [-0.2, -0.15) is 0 Å². The van der Waals surface area contributed by atoms with Crippen LogP contribution in [0.5, 0.6) is 0 Å². The van der Waals surface area contributed by atoms with Gasteiger partial charge in [-0.3, -0.25) is 9.59 Å². The van der Waals surface area contributed by atoms with Crippen molar-refractivity contribution in [3.05, 3.63) is 0 Å². The molecule has 0 spiro atoms. The van der Waals surface area contributed by atoms with Gasteiger partial charge in [0.2, 0.25) is 5.91 Å². The van der Waals surface area contributed by atoms with E-state index in [1.807, 2.05) is 6.92 Å². The number of aliphatic carboxylic acids is 1. The summed E-state index contributed by atoms with van der Waals surface area (Å²) in [5.41, 5.74) is 0. The maximum Gasteiger partial charge on any atom is 0.320 e. The molecule has 0 fully saturated rings. The van der Waals surface area contributed by atoms with Crippen LogP contribution in [0.3, 0.4) is 0 Å². The summed E-state index contributed by atoms with van der Waals surface area (Å²) in [7, 11) is 0. The van der Waals surface area contributed by atoms with E-state index in [4.69, 9.17) is 5.11 Å². The van der Waals surface area contributed by atoms with E-state index in [1.165, 1.54) is 0 Å². The van der Waals surface area contributed by atoms with Crippen molar-refractivity contribution >= 4 is 11.9 Å². The van der Waals surface area contributed by atoms with Crippen molar-refractivity contribution in [3.63, 3.8) is 0 Å². The minimum atomic E-state index is -0.904. The minimum Gasteiger partial charge on any atom is -0.480 e. The molecular weight excluding hydrogens is 184 g/mol. The normalized spacial score (nSPS) is 12.1. The van der Waals surface area contributed by atoms with E-state index in [2.05, 4.69) is 10.6 Å². The number of carboxylic acids is 1. The van der Waals surface area contributed by atoms with Gasteiger partial charge in [0.15, 0.2) is 0 Å². The van der Waals surface area contributed by atoms with Gasteiger partial charge in [0.05, 0.1) is 0 Å². The summed E-state index contributed by atoms with van der Waals surface area (Å²) >= 11 is 0. The molecule has 0 aliphatic heterocycles. The van der Waals surface area contributed by atoms with E-state index in [1.54, 1.807) is 6.92 Å². The second kappa shape index (κ2) is 7.32. The highest BCUT2D eigenvalue weighted by atomic mass is 16.4. The smallest absolute Gasteiger partial charge is 0.320 e. The van der Waals surface area contributed by atoms with Crippen LogP contribution in [-0.2, 0) is 9.59 Å². The van der Waals surface area contributed by atoms with E-state index >= 15 is 0 Å². The number of carboxylic acid groups (broad SMARTS) is 1. The third-order valence-electron chi connectivity index (χ3n) is 1.75. The Bertz CT molecular complexity index is 194. The number of nitrogens with one attached hydrogen (secondary N) is 2. The number of hydrogen-bond donors (Lipinski definition) is 3. The fraction of sp³-hybridized carbons (Fsp3) is 0.778. The summed E-state index contributed by atoms with van der Waals surface area (Å²) < 4.78 is 0. The molecular formula is C9H18N2O3. The Labute approximate surface area is 83.9 Å². The lowest BCUT2D eigenvalue weighted by Gasteiger charge is -2.08. The van der Waals surface area contributed by atoms with Crippen molar-refractivity contribution in [2.45, 2.75) is 32.7 Å². The zero-order valence-corrected chi connectivity index (χ0v) is 8.67. The molecule has 0 saturated heterocycles. The molecule has 0 aliphatic rings. The standard InChI is InChI=1S/C9H18N2O3/c1-3-5-11-8(12)4-6-10-7(2)9(13)14/h7,10H,3-6H2,1-2H3,(H,11,12)(H,13,14). The van der Waals surface area contributed by atoms with Crippen molar-refractivity contribution in [2.24, 2.45) is 0 Å². The van der Waals surface area contributed by atoms with E-state index in [0.717, 1.165) is 6.42 Å². The summed E-state index contributed by atoms with van der Waals surface area (Å²) in [6.07, 6.45) is 1.22. The molecule has 0 aliphatic carbocycles. The van der Waals surface area contributed by atoms with Crippen LogP contribution in [-0.4, -0.2) is 36.1 Å². The SMILES string of the molecule is CCCNC(=O)CCNC(C)C(=O)O. The van der Waals surface area contributed by atoms with E-state index in [-0.39, 0.29) is 5.91 Å². The number of hydrogen-bond acceptors (Lipinski definition) is 3. The van der Waals surface area contributed by atoms with Gasteiger partial charge in [0, 0.05) is 19.5 Å². The molecule has 0 radical (unpaired) electrons. The van der Waals surface area contributed by atoms with Gasteiger partial charge in [-0.25, -0.2) is 0 Å². The Morgan fingerprint density at radius 1 is 1.36 bits per heavy atom. The predicted molar refractivity (Wildman–Crippen MR) is 53.0 cm³/mol. The van der Waals surface area contributed by atoms with E-state index in [0.29, 0.717) is 19.5 Å². The molecule has 1 unspecified atom stereocenters. The average Bonchev–Trinajstić information content (AvgIpc) is 2.14. The van der Waals surface area contributed by atoms with Crippen LogP contribution in [0.1, 0.15) is 26.7 Å². The molecule has 0 heterocycles. The van der Waals surface area contributed by atoms with E-state index < -0.39 is 12.0 Å². The highest BCUT2D eigenvalue weighted by Crippen LogP contribution is 1.83. The number of rotatable bonds is 7. The average molecular weight is 202 g/mol. The zero-order chi connectivity index (χ0) is 11.0. The predicted octanol–water partition coefficient (Wildman–Crippen LogP) is -0.0346. The number of amides is 1. The lowest BCUT2D eigenvalue weighted by Crippen LogP contribution is -2.36. The van der Waals surface area contributed by atoms with Gasteiger partial charge in [0.25, 0.3) is 0 Å². The quantitative estimate of drug-likeness (QED) is 0.541. The first-order chi connectivity index (χ1) is 6.57. The number of carbonyl (C=O) groups is 2. The summed E-state index contributed by atoms with van der Waals surface area (Å²) in [5, 5.41) is 14.0. The third kappa shape index (κ3) is 6.42. The number of carbonyl (C=O) groups excluding carboxylic acids is 1. The molecule has 5 nitrogen and oxygen atoms in total. The molecule has 14 heavy (non-hydrogen) atoms. The first kappa shape index (κ1) is 12.9. The lowest BCUT2D eigenvalue weighted by atomic mass is 10.3. The van der Waals surface area contributed by atoms with Crippen LogP contribution < -0.4 is 10.6 Å². The van der Waals surface area contributed by atoms with Gasteiger partial charge in [-0.05, 0) is 13.3 Å². The van der Waals surface area contributed by atoms with Crippen LogP contribution >= 0.6 is 0 Å². The maximum absolute atomic E-state index is 11.1. The zero-order valence-electron chi connectivity index (χ0n) is 8.67. The Kier molecular flexibility index (Phi) is 6.74. The van der Waals surface area contributed by atoms with Crippen LogP contribution in [0.2, 0.25) is 0 Å². The van der Waals surface area contributed by atoms with E-state index in [9.17, 15) is 9.59 Å². The first-order valence-electron chi connectivity index (χ1n) is 4.80. The maximum atomic E-state index is 11.1. The van der Waals surface area contributed by atoms with Crippen molar-refractivity contribution in [2.75, 3.05) is 13.1 Å². The fourth-order valence-electron chi connectivity index (χ4n) is 0.842. The Morgan fingerprint density at radius 3 is 2.50 bits per heavy atom. The molecule has 3 N–H and O–H groups in total. The second-order valence-electron chi connectivity index (χ2n) is 3.11. The van der Waals surface area contributed by atoms with Crippen LogP contribution in [0.4, 0.5) is 0 Å². The summed E-state index contributed by atoms with van der Waals surface area (Å²) in [6, 6.07) is -0.603. The van der Waals surface area contributed by atoms with Gasteiger partial charge in [0.1, 0.15) is 6.04 Å². The van der Waals surface area contributed by atoms with Crippen LogP contribution in [0.25, 0.3) is 0 Å². The van der Waals surface area contributed by atoms with Crippen LogP contribution in [0.15, 0.2) is 0 Å². The van der Waals surface area contributed by atoms with Crippen LogP contribution in [0, 0.1) is 0 Å². The molecule has 0 aromatic carbocycles. The minimum absolute atomic E-state index is 0.0445. The van der Waals surface area contributed by atoms with Gasteiger partial charge < -0.3 is 15.7 Å². The van der Waals surface area contributed by atoms with Crippen molar-refractivity contribution in [1.82, 2.24) is 10.6 Å². The van der Waals surface area contributed by atoms with Gasteiger partial charge in [-0.15, -0.1) is 0 Å². The van der Waals surface area contributed by atoms with Gasteiger partial charge >= 0.3 is 5.97 Å². The molecule has 0 saturated carbocycles. The highest BCUT2D eigenvalue weighted by molar-refractivity contribution is 5.76. The molecule has 82 valence electrons. The topological polar surface area (TPSA) is 78.4 Å². The Morgan fingerprint density at radius 2 is 2.00 bits per heavy atom. The van der Waals surface area contributed by atoms with Crippen molar-refractivity contribution in [1.29, 1.82) is 0 Å². The first-order valence-corrected chi connectivity index (χ1v) is 4.80. The molecule has 5 heteroatoms. The van der Waals surface area contributed by atoms with Gasteiger partial charge in [-0.1, -0.05) is 6.92 Å². The largest absolute Gasteiger partial charge is 0.480 e. The molecule has 1 atom stereocenters. The molecule has 0 bridgehead atoms. The third-order valence-corrected chi connectivity index (χ3v) is 1.75. The lowest BCUT2D eigenvalue weighted by molar-refractivity contribution is -0.139. The molecule has 0 aromatic rings. The second-order valence-corrected chi connectivity index (χ2v) is 3.11. The van der Waals surface area contributed by atoms with Crippen molar-refractivity contribution in [3.8, 4) is 0 Å². The fourth-order valence-corrected chi connectivity index (χ4v) is 0.842. The molecule has 1 amide bonds. The van der Waals surface area contributed by atoms with Crippen molar-refractivity contribution < 1.29 is 14.7 Å². The Balaban J connectivity index is 3.44. The molecule has 0 rings (SSSR count). The Hall–Kier alpha value is -1.10.